The van der Waals surface area contributed by atoms with E-state index >= 15 is 0 Å². The van der Waals surface area contributed by atoms with Gasteiger partial charge in [0.05, 0.1) is 14.2 Å². The van der Waals surface area contributed by atoms with Crippen LogP contribution in [-0.2, 0) is 16.6 Å². The Morgan fingerprint density at radius 2 is 1.97 bits per heavy atom. The average Bonchev–Trinajstić information content (AvgIpc) is 2.72. The topological polar surface area (TPSA) is 55.8 Å². The van der Waals surface area contributed by atoms with Crippen molar-refractivity contribution >= 4 is 33.7 Å². The molecule has 0 amide bonds. The predicted octanol–water partition coefficient (Wildman–Crippen LogP) is 6.24. The zero-order valence-corrected chi connectivity index (χ0v) is 20.4. The SMILES string of the molecule is COc1ccc(CC[C@@](C)(CSC2(C(=O)O)CCC2)c2cc(Br)ccc2F)c(OC)c1. The molecule has 1 N–H and O–H groups in total. The van der Waals surface area contributed by atoms with E-state index in [0.717, 1.165) is 22.2 Å². The number of aliphatic carboxylic acids is 1. The molecule has 0 radical (unpaired) electrons. The molecule has 1 aliphatic rings. The minimum atomic E-state index is -0.766. The fourth-order valence-corrected chi connectivity index (χ4v) is 5.89. The Kier molecular flexibility index (Phi) is 7.58. The highest BCUT2D eigenvalue weighted by molar-refractivity contribution is 9.10. The van der Waals surface area contributed by atoms with Gasteiger partial charge in [-0.3, -0.25) is 4.79 Å². The first-order chi connectivity index (χ1) is 14.7. The number of aryl methyl sites for hydroxylation is 1. The third-order valence-electron chi connectivity index (χ3n) is 6.24. The summed E-state index contributed by atoms with van der Waals surface area (Å²) in [5.41, 5.74) is 1.05. The highest BCUT2D eigenvalue weighted by atomic mass is 79.9. The molecular weight excluding hydrogens is 483 g/mol. The summed E-state index contributed by atoms with van der Waals surface area (Å²) in [6.07, 6.45) is 3.55. The summed E-state index contributed by atoms with van der Waals surface area (Å²) in [4.78, 5) is 11.9. The van der Waals surface area contributed by atoms with E-state index < -0.39 is 16.1 Å². The maximum absolute atomic E-state index is 14.9. The minimum absolute atomic E-state index is 0.272. The standard InChI is InChI=1S/C24H28BrFO4S/c1-23(19-13-17(25)6-8-20(19)26,15-31-24(22(27)28)10-4-11-24)12-9-16-5-7-18(29-2)14-21(16)30-3/h5-8,13-14H,4,9-12,15H2,1-3H3,(H,27,28)/t23-/m0/s1. The molecule has 0 aromatic heterocycles. The van der Waals surface area contributed by atoms with Gasteiger partial charge in [0.2, 0.25) is 0 Å². The van der Waals surface area contributed by atoms with Gasteiger partial charge in [0, 0.05) is 21.7 Å². The summed E-state index contributed by atoms with van der Waals surface area (Å²) < 4.78 is 25.8. The van der Waals surface area contributed by atoms with Crippen molar-refractivity contribution in [2.75, 3.05) is 20.0 Å². The lowest BCUT2D eigenvalue weighted by Gasteiger charge is -2.40. The van der Waals surface area contributed by atoms with Crippen LogP contribution in [0.3, 0.4) is 0 Å². The zero-order valence-electron chi connectivity index (χ0n) is 18.0. The summed E-state index contributed by atoms with van der Waals surface area (Å²) in [6, 6.07) is 10.7. The van der Waals surface area contributed by atoms with E-state index in [1.807, 2.05) is 31.2 Å². The van der Waals surface area contributed by atoms with E-state index in [1.54, 1.807) is 20.3 Å². The van der Waals surface area contributed by atoms with Gasteiger partial charge >= 0.3 is 5.97 Å². The van der Waals surface area contributed by atoms with E-state index in [4.69, 9.17) is 9.47 Å². The van der Waals surface area contributed by atoms with Gasteiger partial charge in [0.1, 0.15) is 22.1 Å². The van der Waals surface area contributed by atoms with Crippen LogP contribution in [0.25, 0.3) is 0 Å². The number of thioether (sulfide) groups is 1. The first-order valence-electron chi connectivity index (χ1n) is 10.3. The molecule has 1 aliphatic carbocycles. The number of carboxylic acids is 1. The van der Waals surface area contributed by atoms with Crippen LogP contribution in [0.2, 0.25) is 0 Å². The van der Waals surface area contributed by atoms with Crippen LogP contribution in [-0.4, -0.2) is 35.8 Å². The summed E-state index contributed by atoms with van der Waals surface area (Å²) in [5, 5.41) is 9.74. The number of benzene rings is 2. The Morgan fingerprint density at radius 1 is 1.23 bits per heavy atom. The fraction of sp³-hybridized carbons (Fsp3) is 0.458. The predicted molar refractivity (Wildman–Crippen MR) is 126 cm³/mol. The molecule has 1 fully saturated rings. The fourth-order valence-electron chi connectivity index (χ4n) is 3.93. The second kappa shape index (κ2) is 9.82. The van der Waals surface area contributed by atoms with E-state index in [2.05, 4.69) is 15.9 Å². The van der Waals surface area contributed by atoms with Crippen LogP contribution in [0.5, 0.6) is 11.5 Å². The number of methoxy groups -OCH3 is 2. The summed E-state index contributed by atoms with van der Waals surface area (Å²) in [7, 11) is 3.23. The lowest BCUT2D eigenvalue weighted by atomic mass is 9.79. The summed E-state index contributed by atoms with van der Waals surface area (Å²) in [5.74, 6) is 0.921. The number of carbonyl (C=O) groups is 1. The van der Waals surface area contributed by atoms with Crippen LogP contribution in [0.4, 0.5) is 4.39 Å². The van der Waals surface area contributed by atoms with Gasteiger partial charge in [-0.2, -0.15) is 0 Å². The zero-order chi connectivity index (χ0) is 22.6. The van der Waals surface area contributed by atoms with E-state index in [9.17, 15) is 14.3 Å². The quantitative estimate of drug-likeness (QED) is 0.410. The molecule has 7 heteroatoms. The van der Waals surface area contributed by atoms with Crippen molar-refractivity contribution < 1.29 is 23.8 Å². The van der Waals surface area contributed by atoms with Gasteiger partial charge in [0.25, 0.3) is 0 Å². The van der Waals surface area contributed by atoms with Gasteiger partial charge in [-0.25, -0.2) is 4.39 Å². The van der Waals surface area contributed by atoms with Crippen molar-refractivity contribution in [1.82, 2.24) is 0 Å². The molecule has 31 heavy (non-hydrogen) atoms. The molecular formula is C24H28BrFO4S. The Balaban J connectivity index is 1.89. The van der Waals surface area contributed by atoms with Crippen molar-refractivity contribution in [1.29, 1.82) is 0 Å². The monoisotopic (exact) mass is 510 g/mol. The molecule has 2 aromatic rings. The smallest absolute Gasteiger partial charge is 0.319 e. The van der Waals surface area contributed by atoms with Crippen molar-refractivity contribution in [3.8, 4) is 11.5 Å². The molecule has 3 rings (SSSR count). The molecule has 168 valence electrons. The molecule has 0 heterocycles. The first kappa shape index (κ1) is 23.9. The molecule has 0 saturated heterocycles. The lowest BCUT2D eigenvalue weighted by Crippen LogP contribution is -2.44. The van der Waals surface area contributed by atoms with Gasteiger partial charge in [-0.05, 0) is 67.5 Å². The first-order valence-corrected chi connectivity index (χ1v) is 12.0. The average molecular weight is 511 g/mol. The van der Waals surface area contributed by atoms with Crippen molar-refractivity contribution in [3.05, 3.63) is 57.8 Å². The summed E-state index contributed by atoms with van der Waals surface area (Å²) in [6.45, 7) is 2.02. The maximum atomic E-state index is 14.9. The number of rotatable bonds is 10. The Bertz CT molecular complexity index is 947. The molecule has 0 unspecified atom stereocenters. The normalized spacial score (nSPS) is 16.8. The van der Waals surface area contributed by atoms with E-state index in [0.29, 0.717) is 42.7 Å². The second-order valence-electron chi connectivity index (χ2n) is 8.30. The molecule has 1 atom stereocenters. The number of ether oxygens (including phenoxy) is 2. The molecule has 0 spiro atoms. The number of carboxylic acid groups (broad SMARTS) is 1. The largest absolute Gasteiger partial charge is 0.497 e. The Morgan fingerprint density at radius 3 is 2.55 bits per heavy atom. The van der Waals surface area contributed by atoms with Crippen LogP contribution < -0.4 is 9.47 Å². The Labute approximate surface area is 195 Å². The van der Waals surface area contributed by atoms with Crippen LogP contribution in [0.1, 0.15) is 43.7 Å². The molecule has 0 bridgehead atoms. The van der Waals surface area contributed by atoms with Gasteiger partial charge in [0.15, 0.2) is 0 Å². The van der Waals surface area contributed by atoms with Gasteiger partial charge in [-0.15, -0.1) is 11.8 Å². The van der Waals surface area contributed by atoms with Gasteiger partial charge < -0.3 is 14.6 Å². The molecule has 0 aliphatic heterocycles. The van der Waals surface area contributed by atoms with Crippen molar-refractivity contribution in [3.63, 3.8) is 0 Å². The third-order valence-corrected chi connectivity index (χ3v) is 8.65. The van der Waals surface area contributed by atoms with E-state index in [1.165, 1.54) is 17.8 Å². The number of hydrogen-bond acceptors (Lipinski definition) is 4. The van der Waals surface area contributed by atoms with E-state index in [-0.39, 0.29) is 5.82 Å². The van der Waals surface area contributed by atoms with Gasteiger partial charge in [-0.1, -0.05) is 28.9 Å². The Hall–Kier alpha value is -1.73. The summed E-state index contributed by atoms with van der Waals surface area (Å²) >= 11 is 4.91. The highest BCUT2D eigenvalue weighted by Crippen LogP contribution is 2.48. The highest BCUT2D eigenvalue weighted by Gasteiger charge is 2.46. The number of halogens is 2. The molecule has 2 aromatic carbocycles. The third kappa shape index (κ3) is 5.20. The minimum Gasteiger partial charge on any atom is -0.497 e. The van der Waals surface area contributed by atoms with Crippen LogP contribution in [0.15, 0.2) is 40.9 Å². The molecule has 4 nitrogen and oxygen atoms in total. The lowest BCUT2D eigenvalue weighted by molar-refractivity contribution is -0.142. The van der Waals surface area contributed by atoms with Crippen LogP contribution in [0, 0.1) is 5.82 Å². The van der Waals surface area contributed by atoms with Crippen molar-refractivity contribution in [2.24, 2.45) is 0 Å². The van der Waals surface area contributed by atoms with Crippen LogP contribution >= 0.6 is 27.7 Å². The molecule has 1 saturated carbocycles. The second-order valence-corrected chi connectivity index (χ2v) is 10.6. The van der Waals surface area contributed by atoms with Crippen molar-refractivity contribution in [2.45, 2.75) is 49.2 Å². The maximum Gasteiger partial charge on any atom is 0.319 e. The number of hydrogen-bond donors (Lipinski definition) is 1.